The van der Waals surface area contributed by atoms with Crippen LogP contribution in [0.4, 0.5) is 0 Å². The second kappa shape index (κ2) is 5.43. The molecule has 1 aliphatic heterocycles. The Bertz CT molecular complexity index is 611. The van der Waals surface area contributed by atoms with Crippen molar-refractivity contribution in [3.05, 3.63) is 42.0 Å². The molecule has 3 heteroatoms. The maximum absolute atomic E-state index is 10.2. The zero-order valence-corrected chi connectivity index (χ0v) is 12.2. The third-order valence-corrected chi connectivity index (χ3v) is 4.44. The summed E-state index contributed by atoms with van der Waals surface area (Å²) in [7, 11) is 2.18. The van der Waals surface area contributed by atoms with Crippen LogP contribution >= 0.6 is 0 Å². The highest BCUT2D eigenvalue weighted by molar-refractivity contribution is 5.87. The first-order valence-electron chi connectivity index (χ1n) is 7.27. The Balaban J connectivity index is 1.89. The molecule has 1 N–H and O–H groups in total. The molecule has 1 heterocycles. The Labute approximate surface area is 120 Å². The number of benzene rings is 2. The van der Waals surface area contributed by atoms with E-state index in [-0.39, 0.29) is 0 Å². The van der Waals surface area contributed by atoms with Crippen LogP contribution in [0.15, 0.2) is 36.4 Å². The molecule has 0 radical (unpaired) electrons. The number of likely N-dealkylation sites (N-methyl/N-ethyl adjacent to an activating group) is 1. The van der Waals surface area contributed by atoms with Crippen molar-refractivity contribution in [1.29, 1.82) is 0 Å². The van der Waals surface area contributed by atoms with Crippen LogP contribution in [0.5, 0.6) is 5.75 Å². The third-order valence-electron chi connectivity index (χ3n) is 4.44. The van der Waals surface area contributed by atoms with E-state index in [1.165, 1.54) is 10.8 Å². The Morgan fingerprint density at radius 1 is 1.15 bits per heavy atom. The molecule has 3 rings (SSSR count). The molecule has 1 atom stereocenters. The second-order valence-corrected chi connectivity index (χ2v) is 5.85. The van der Waals surface area contributed by atoms with E-state index in [0.717, 1.165) is 31.7 Å². The van der Waals surface area contributed by atoms with Gasteiger partial charge in [0.05, 0.1) is 0 Å². The lowest BCUT2D eigenvalue weighted by Crippen LogP contribution is -2.49. The van der Waals surface area contributed by atoms with Crippen molar-refractivity contribution in [3.63, 3.8) is 0 Å². The number of hydrogen-bond acceptors (Lipinski definition) is 3. The number of rotatable bonds is 2. The van der Waals surface area contributed by atoms with E-state index in [2.05, 4.69) is 35.9 Å². The van der Waals surface area contributed by atoms with Crippen LogP contribution < -0.4 is 0 Å². The number of phenolic OH excluding ortho intramolecular Hbond substituents is 1. The topological polar surface area (TPSA) is 26.7 Å². The molecule has 20 heavy (non-hydrogen) atoms. The maximum Gasteiger partial charge on any atom is 0.120 e. The number of nitrogens with zero attached hydrogens (tertiary/aromatic N) is 2. The minimum Gasteiger partial charge on any atom is -0.508 e. The minimum atomic E-state index is 0.412. The van der Waals surface area contributed by atoms with Crippen LogP contribution in [0.2, 0.25) is 0 Å². The molecule has 0 saturated carbocycles. The van der Waals surface area contributed by atoms with Crippen LogP contribution in [-0.2, 0) is 6.54 Å². The minimum absolute atomic E-state index is 0.412. The number of phenols is 1. The molecule has 0 aromatic heterocycles. The first-order chi connectivity index (χ1) is 9.65. The predicted molar refractivity (Wildman–Crippen MR) is 83.0 cm³/mol. The van der Waals surface area contributed by atoms with E-state index in [4.69, 9.17) is 0 Å². The number of fused-ring (bicyclic) bond motifs is 1. The average molecular weight is 270 g/mol. The highest BCUT2D eigenvalue weighted by Gasteiger charge is 2.21. The summed E-state index contributed by atoms with van der Waals surface area (Å²) in [6.07, 6.45) is 0. The van der Waals surface area contributed by atoms with E-state index < -0.39 is 0 Å². The first kappa shape index (κ1) is 13.4. The average Bonchev–Trinajstić information content (AvgIpc) is 2.46. The zero-order valence-electron chi connectivity index (χ0n) is 12.2. The summed E-state index contributed by atoms with van der Waals surface area (Å²) in [5.41, 5.74) is 1.06. The Morgan fingerprint density at radius 2 is 1.95 bits per heavy atom. The van der Waals surface area contributed by atoms with E-state index in [0.29, 0.717) is 11.8 Å². The van der Waals surface area contributed by atoms with Gasteiger partial charge >= 0.3 is 0 Å². The molecule has 0 amide bonds. The molecular formula is C17H22N2O. The first-order valence-corrected chi connectivity index (χ1v) is 7.27. The van der Waals surface area contributed by atoms with Gasteiger partial charge in [-0.3, -0.25) is 4.90 Å². The van der Waals surface area contributed by atoms with Crippen molar-refractivity contribution in [2.45, 2.75) is 19.5 Å². The van der Waals surface area contributed by atoms with Gasteiger partial charge in [-0.1, -0.05) is 30.3 Å². The van der Waals surface area contributed by atoms with Crippen LogP contribution in [0.1, 0.15) is 12.5 Å². The van der Waals surface area contributed by atoms with Gasteiger partial charge in [0.1, 0.15) is 5.75 Å². The largest absolute Gasteiger partial charge is 0.508 e. The molecule has 0 aliphatic carbocycles. The van der Waals surface area contributed by atoms with Crippen LogP contribution in [0.25, 0.3) is 10.8 Å². The third kappa shape index (κ3) is 2.51. The fourth-order valence-corrected chi connectivity index (χ4v) is 2.98. The van der Waals surface area contributed by atoms with Gasteiger partial charge in [-0.15, -0.1) is 0 Å². The summed E-state index contributed by atoms with van der Waals surface area (Å²) in [5.74, 6) is 0.412. The highest BCUT2D eigenvalue weighted by atomic mass is 16.3. The highest BCUT2D eigenvalue weighted by Crippen LogP contribution is 2.28. The quantitative estimate of drug-likeness (QED) is 0.909. The van der Waals surface area contributed by atoms with E-state index >= 15 is 0 Å². The van der Waals surface area contributed by atoms with Crippen LogP contribution in [-0.4, -0.2) is 47.6 Å². The fraction of sp³-hybridized carbons (Fsp3) is 0.412. The van der Waals surface area contributed by atoms with Gasteiger partial charge in [0.15, 0.2) is 0 Å². The number of hydrogen-bond donors (Lipinski definition) is 1. The summed E-state index contributed by atoms with van der Waals surface area (Å²) < 4.78 is 0. The molecule has 2 aromatic carbocycles. The van der Waals surface area contributed by atoms with E-state index in [9.17, 15) is 5.11 Å². The van der Waals surface area contributed by atoms with Gasteiger partial charge in [-0.2, -0.15) is 0 Å². The van der Waals surface area contributed by atoms with Crippen molar-refractivity contribution in [2.75, 3.05) is 26.7 Å². The Hall–Kier alpha value is -1.58. The second-order valence-electron chi connectivity index (χ2n) is 5.85. The van der Waals surface area contributed by atoms with Crippen molar-refractivity contribution in [3.8, 4) is 5.75 Å². The Morgan fingerprint density at radius 3 is 2.75 bits per heavy atom. The maximum atomic E-state index is 10.2. The molecular weight excluding hydrogens is 248 g/mol. The lowest BCUT2D eigenvalue weighted by atomic mass is 10.0. The fourth-order valence-electron chi connectivity index (χ4n) is 2.98. The smallest absolute Gasteiger partial charge is 0.120 e. The molecule has 1 fully saturated rings. The summed E-state index contributed by atoms with van der Waals surface area (Å²) >= 11 is 0. The summed E-state index contributed by atoms with van der Waals surface area (Å²) in [6, 6.07) is 12.7. The predicted octanol–water partition coefficient (Wildman–Crippen LogP) is 2.68. The monoisotopic (exact) mass is 270 g/mol. The molecule has 1 aliphatic rings. The molecule has 3 nitrogen and oxygen atoms in total. The zero-order chi connectivity index (χ0) is 14.1. The molecule has 106 valence electrons. The van der Waals surface area contributed by atoms with Gasteiger partial charge in [0.2, 0.25) is 0 Å². The van der Waals surface area contributed by atoms with Gasteiger partial charge in [0, 0.05) is 37.8 Å². The van der Waals surface area contributed by atoms with Crippen molar-refractivity contribution < 1.29 is 5.11 Å². The summed E-state index contributed by atoms with van der Waals surface area (Å²) in [6.45, 7) is 6.29. The summed E-state index contributed by atoms with van der Waals surface area (Å²) in [4.78, 5) is 4.83. The molecule has 1 saturated heterocycles. The lowest BCUT2D eigenvalue weighted by Gasteiger charge is -2.37. The lowest BCUT2D eigenvalue weighted by molar-refractivity contribution is 0.0997. The summed E-state index contributed by atoms with van der Waals surface area (Å²) in [5, 5.41) is 12.6. The van der Waals surface area contributed by atoms with Gasteiger partial charge in [-0.05, 0) is 30.8 Å². The number of aromatic hydroxyl groups is 1. The normalized spacial score (nSPS) is 21.4. The van der Waals surface area contributed by atoms with Gasteiger partial charge < -0.3 is 10.0 Å². The van der Waals surface area contributed by atoms with Crippen molar-refractivity contribution >= 4 is 10.8 Å². The van der Waals surface area contributed by atoms with Crippen LogP contribution in [0, 0.1) is 0 Å². The van der Waals surface area contributed by atoms with Crippen molar-refractivity contribution in [1.82, 2.24) is 9.80 Å². The number of piperazine rings is 1. The van der Waals surface area contributed by atoms with E-state index in [1.807, 2.05) is 24.3 Å². The standard InChI is InChI=1S/C17H22N2O/c1-13-11-19(10-9-18(13)2)12-16-15-6-4-3-5-14(15)7-8-17(16)20/h3-8,13,20H,9-12H2,1-2H3. The van der Waals surface area contributed by atoms with Crippen molar-refractivity contribution in [2.24, 2.45) is 0 Å². The SMILES string of the molecule is CC1CN(Cc2c(O)ccc3ccccc23)CCN1C. The molecule has 1 unspecified atom stereocenters. The van der Waals surface area contributed by atoms with Crippen LogP contribution in [0.3, 0.4) is 0 Å². The molecule has 0 bridgehead atoms. The van der Waals surface area contributed by atoms with E-state index in [1.54, 1.807) is 0 Å². The Kier molecular flexibility index (Phi) is 3.64. The van der Waals surface area contributed by atoms with Gasteiger partial charge in [-0.25, -0.2) is 0 Å². The van der Waals surface area contributed by atoms with Gasteiger partial charge in [0.25, 0.3) is 0 Å². The molecule has 2 aromatic rings. The molecule has 0 spiro atoms.